The lowest BCUT2D eigenvalue weighted by Crippen LogP contribution is -2.41. The van der Waals surface area contributed by atoms with Crippen LogP contribution in [0.3, 0.4) is 0 Å². The summed E-state index contributed by atoms with van der Waals surface area (Å²) in [5, 5.41) is 6.46. The molecule has 0 radical (unpaired) electrons. The van der Waals surface area contributed by atoms with E-state index in [9.17, 15) is 4.79 Å². The van der Waals surface area contributed by atoms with Crippen LogP contribution < -0.4 is 11.1 Å². The highest BCUT2D eigenvalue weighted by molar-refractivity contribution is 9.10. The lowest BCUT2D eigenvalue weighted by Gasteiger charge is -2.25. The van der Waals surface area contributed by atoms with E-state index in [1.54, 1.807) is 12.1 Å². The number of benzene rings is 1. The van der Waals surface area contributed by atoms with Gasteiger partial charge >= 0.3 is 0 Å². The second-order valence-electron chi connectivity index (χ2n) is 4.80. The number of nitrogens with zero attached hydrogens (tertiary/aromatic N) is 2. The van der Waals surface area contributed by atoms with Gasteiger partial charge in [0.15, 0.2) is 12.4 Å². The Bertz CT molecular complexity index is 515. The summed E-state index contributed by atoms with van der Waals surface area (Å²) in [4.78, 5) is 18.8. The highest BCUT2D eigenvalue weighted by atomic mass is 79.9. The lowest BCUT2D eigenvalue weighted by atomic mass is 10.3. The van der Waals surface area contributed by atoms with Gasteiger partial charge in [-0.05, 0) is 24.3 Å². The van der Waals surface area contributed by atoms with E-state index in [1.165, 1.54) is 0 Å². The number of hydrogen-bond acceptors (Lipinski definition) is 5. The van der Waals surface area contributed by atoms with Gasteiger partial charge in [-0.1, -0.05) is 21.1 Å². The maximum absolute atomic E-state index is 11.7. The third-order valence-corrected chi connectivity index (χ3v) is 3.52. The number of nitrogens with two attached hydrogens (primary N) is 1. The predicted octanol–water partition coefficient (Wildman–Crippen LogP) is 1.01. The average Bonchev–Trinajstić information content (AvgIpc) is 2.50. The van der Waals surface area contributed by atoms with Crippen LogP contribution in [0.4, 0.5) is 5.69 Å². The second-order valence-corrected chi connectivity index (χ2v) is 5.72. The Balaban J connectivity index is 1.68. The van der Waals surface area contributed by atoms with Crippen LogP contribution in [-0.4, -0.2) is 56.1 Å². The maximum atomic E-state index is 11.7. The van der Waals surface area contributed by atoms with Crippen molar-refractivity contribution >= 4 is 33.4 Å². The molecule has 2 rings (SSSR count). The molecule has 1 aromatic carbocycles. The number of nitrogens with one attached hydrogen (secondary N) is 1. The zero-order chi connectivity index (χ0) is 15.8. The van der Waals surface area contributed by atoms with Crippen molar-refractivity contribution in [1.82, 2.24) is 4.90 Å². The summed E-state index contributed by atoms with van der Waals surface area (Å²) < 4.78 is 6.19. The molecule has 8 heteroatoms. The molecule has 1 aromatic rings. The topological polar surface area (TPSA) is 89.2 Å². The molecule has 1 saturated heterocycles. The van der Waals surface area contributed by atoms with Gasteiger partial charge in [-0.2, -0.15) is 0 Å². The molecule has 0 saturated carbocycles. The van der Waals surface area contributed by atoms with E-state index >= 15 is 0 Å². The molecule has 1 aliphatic heterocycles. The van der Waals surface area contributed by atoms with Gasteiger partial charge in [-0.3, -0.25) is 9.69 Å². The molecule has 1 heterocycles. The van der Waals surface area contributed by atoms with Gasteiger partial charge in [0, 0.05) is 23.2 Å². The van der Waals surface area contributed by atoms with Gasteiger partial charge in [-0.25, -0.2) is 0 Å². The fourth-order valence-corrected chi connectivity index (χ4v) is 2.19. The Morgan fingerprint density at radius 1 is 1.36 bits per heavy atom. The number of hydrogen-bond donors (Lipinski definition) is 2. The minimum absolute atomic E-state index is 0.181. The smallest absolute Gasteiger partial charge is 0.265 e. The van der Waals surface area contributed by atoms with Crippen molar-refractivity contribution in [2.24, 2.45) is 10.9 Å². The molecule has 0 unspecified atom stereocenters. The molecule has 1 amide bonds. The van der Waals surface area contributed by atoms with Crippen LogP contribution in [0.2, 0.25) is 0 Å². The van der Waals surface area contributed by atoms with E-state index in [0.29, 0.717) is 31.3 Å². The fraction of sp³-hybridized carbons (Fsp3) is 0.429. The zero-order valence-corrected chi connectivity index (χ0v) is 13.7. The van der Waals surface area contributed by atoms with Gasteiger partial charge in [0.05, 0.1) is 19.8 Å². The molecule has 3 N–H and O–H groups in total. The second kappa shape index (κ2) is 8.72. The maximum Gasteiger partial charge on any atom is 0.265 e. The highest BCUT2D eigenvalue weighted by Crippen LogP contribution is 2.13. The molecule has 1 fully saturated rings. The quantitative estimate of drug-likeness (QED) is 0.443. The number of oxime groups is 1. The van der Waals surface area contributed by atoms with E-state index in [4.69, 9.17) is 15.3 Å². The number of ether oxygens (including phenoxy) is 1. The van der Waals surface area contributed by atoms with E-state index < -0.39 is 0 Å². The fourth-order valence-electron chi connectivity index (χ4n) is 1.92. The largest absolute Gasteiger partial charge is 0.384 e. The van der Waals surface area contributed by atoms with Crippen LogP contribution >= 0.6 is 15.9 Å². The van der Waals surface area contributed by atoms with Crippen LogP contribution in [0.5, 0.6) is 0 Å². The number of amidine groups is 1. The monoisotopic (exact) mass is 370 g/mol. The van der Waals surface area contributed by atoms with E-state index in [1.807, 2.05) is 12.1 Å². The molecule has 0 aromatic heterocycles. The Hall–Kier alpha value is -1.64. The molecule has 0 atom stereocenters. The van der Waals surface area contributed by atoms with Crippen molar-refractivity contribution in [2.45, 2.75) is 0 Å². The van der Waals surface area contributed by atoms with Gasteiger partial charge in [0.2, 0.25) is 0 Å². The predicted molar refractivity (Wildman–Crippen MR) is 87.6 cm³/mol. The summed E-state index contributed by atoms with van der Waals surface area (Å²) in [5.41, 5.74) is 6.46. The number of rotatable bonds is 6. The number of carbonyl (C=O) groups excluding carboxylic acids is 1. The number of halogens is 1. The van der Waals surface area contributed by atoms with Crippen molar-refractivity contribution in [2.75, 3.05) is 44.8 Å². The molecule has 0 spiro atoms. The molecule has 7 nitrogen and oxygen atoms in total. The van der Waals surface area contributed by atoms with Crippen molar-refractivity contribution in [3.8, 4) is 0 Å². The normalized spacial score (nSPS) is 16.3. The van der Waals surface area contributed by atoms with Gasteiger partial charge in [-0.15, -0.1) is 0 Å². The van der Waals surface area contributed by atoms with Crippen molar-refractivity contribution < 1.29 is 14.4 Å². The summed E-state index contributed by atoms with van der Waals surface area (Å²) in [5.74, 6) is 0.0589. The third kappa shape index (κ3) is 6.00. The van der Waals surface area contributed by atoms with Crippen molar-refractivity contribution in [1.29, 1.82) is 0 Å². The lowest BCUT2D eigenvalue weighted by molar-refractivity contribution is -0.120. The molecule has 0 bridgehead atoms. The van der Waals surface area contributed by atoms with Crippen LogP contribution in [-0.2, 0) is 14.4 Å². The standard InChI is InChI=1S/C14H19BrN4O3/c15-11-1-3-12(4-2-11)17-14(20)10-22-18-13(16)9-19-5-7-21-8-6-19/h1-4H,5-10H2,(H2,16,18)(H,17,20). The molecule has 1 aliphatic rings. The van der Waals surface area contributed by atoms with Crippen molar-refractivity contribution in [3.05, 3.63) is 28.7 Å². The Morgan fingerprint density at radius 3 is 2.73 bits per heavy atom. The molecule has 22 heavy (non-hydrogen) atoms. The van der Waals surface area contributed by atoms with Gasteiger partial charge in [0.25, 0.3) is 5.91 Å². The Morgan fingerprint density at radius 2 is 2.05 bits per heavy atom. The first kappa shape index (κ1) is 16.7. The first-order valence-corrected chi connectivity index (χ1v) is 7.72. The van der Waals surface area contributed by atoms with E-state index in [-0.39, 0.29) is 12.5 Å². The molecular weight excluding hydrogens is 352 g/mol. The minimum Gasteiger partial charge on any atom is -0.384 e. The van der Waals surface area contributed by atoms with Crippen LogP contribution in [0.15, 0.2) is 33.9 Å². The number of amides is 1. The third-order valence-electron chi connectivity index (χ3n) is 2.99. The van der Waals surface area contributed by atoms with Crippen LogP contribution in [0.1, 0.15) is 0 Å². The summed E-state index contributed by atoms with van der Waals surface area (Å²) in [6, 6.07) is 7.26. The van der Waals surface area contributed by atoms with E-state index in [2.05, 4.69) is 31.3 Å². The van der Waals surface area contributed by atoms with Crippen molar-refractivity contribution in [3.63, 3.8) is 0 Å². The minimum atomic E-state index is -0.287. The van der Waals surface area contributed by atoms with E-state index in [0.717, 1.165) is 17.6 Å². The zero-order valence-electron chi connectivity index (χ0n) is 12.1. The first-order chi connectivity index (χ1) is 10.6. The number of anilines is 1. The average molecular weight is 371 g/mol. The summed E-state index contributed by atoms with van der Waals surface area (Å²) >= 11 is 3.33. The number of morpholine rings is 1. The highest BCUT2D eigenvalue weighted by Gasteiger charge is 2.11. The van der Waals surface area contributed by atoms with Crippen LogP contribution in [0, 0.1) is 0 Å². The number of carbonyl (C=O) groups is 1. The Kier molecular flexibility index (Phi) is 6.63. The van der Waals surface area contributed by atoms with Gasteiger partial charge in [0.1, 0.15) is 0 Å². The SMILES string of the molecule is N/C(CN1CCOCC1)=N\OCC(=O)Nc1ccc(Br)cc1. The summed E-state index contributed by atoms with van der Waals surface area (Å²) in [6.07, 6.45) is 0. The summed E-state index contributed by atoms with van der Waals surface area (Å²) in [7, 11) is 0. The van der Waals surface area contributed by atoms with Gasteiger partial charge < -0.3 is 20.6 Å². The Labute approximate surface area is 137 Å². The summed E-state index contributed by atoms with van der Waals surface area (Å²) in [6.45, 7) is 3.37. The first-order valence-electron chi connectivity index (χ1n) is 6.93. The molecule has 120 valence electrons. The molecular formula is C14H19BrN4O3. The molecule has 0 aliphatic carbocycles. The van der Waals surface area contributed by atoms with Crippen LogP contribution in [0.25, 0.3) is 0 Å².